The predicted molar refractivity (Wildman–Crippen MR) is 71.7 cm³/mol. The van der Waals surface area contributed by atoms with E-state index in [9.17, 15) is 0 Å². The minimum absolute atomic E-state index is 0.302. The maximum atomic E-state index is 5.76. The van der Waals surface area contributed by atoms with Gasteiger partial charge in [0.25, 0.3) is 0 Å². The first-order valence-electron chi connectivity index (χ1n) is 6.22. The highest BCUT2D eigenvalue weighted by molar-refractivity contribution is 5.81. The van der Waals surface area contributed by atoms with Crippen molar-refractivity contribution in [3.05, 3.63) is 59.2 Å². The second-order valence-electron chi connectivity index (χ2n) is 4.57. The molecule has 4 rings (SSSR count). The van der Waals surface area contributed by atoms with Gasteiger partial charge in [0.2, 0.25) is 6.79 Å². The summed E-state index contributed by atoms with van der Waals surface area (Å²) in [6.45, 7) is 0.890. The maximum absolute atomic E-state index is 5.76. The Kier molecular flexibility index (Phi) is 2.24. The third-order valence-electron chi connectivity index (χ3n) is 3.34. The summed E-state index contributed by atoms with van der Waals surface area (Å²) in [5.41, 5.74) is 3.36. The predicted octanol–water partition coefficient (Wildman–Crippen LogP) is 3.44. The van der Waals surface area contributed by atoms with Crippen LogP contribution in [0.3, 0.4) is 0 Å². The molecule has 0 saturated carbocycles. The van der Waals surface area contributed by atoms with Crippen molar-refractivity contribution in [3.63, 3.8) is 0 Å². The summed E-state index contributed by atoms with van der Waals surface area (Å²) in [6, 6.07) is 14.2. The number of rotatable bonds is 1. The highest BCUT2D eigenvalue weighted by Crippen LogP contribution is 2.41. The van der Waals surface area contributed by atoms with Gasteiger partial charge in [-0.2, -0.15) is 0 Å². The van der Waals surface area contributed by atoms with E-state index in [1.54, 1.807) is 0 Å². The molecular formula is C16H12O3. The number of benzene rings is 2. The lowest BCUT2D eigenvalue weighted by Gasteiger charge is -2.02. The van der Waals surface area contributed by atoms with Gasteiger partial charge < -0.3 is 14.2 Å². The Morgan fingerprint density at radius 2 is 1.68 bits per heavy atom. The van der Waals surface area contributed by atoms with Gasteiger partial charge in [-0.25, -0.2) is 0 Å². The first kappa shape index (κ1) is 10.5. The number of hydrogen-bond acceptors (Lipinski definition) is 3. The Labute approximate surface area is 111 Å². The summed E-state index contributed by atoms with van der Waals surface area (Å²) in [5.74, 6) is 2.49. The van der Waals surface area contributed by atoms with Gasteiger partial charge >= 0.3 is 0 Å². The van der Waals surface area contributed by atoms with Crippen molar-refractivity contribution < 1.29 is 14.2 Å². The van der Waals surface area contributed by atoms with Gasteiger partial charge in [0.1, 0.15) is 12.4 Å². The molecule has 3 nitrogen and oxygen atoms in total. The molecule has 0 bridgehead atoms. The van der Waals surface area contributed by atoms with Gasteiger partial charge in [-0.05, 0) is 23.8 Å². The monoisotopic (exact) mass is 252 g/mol. The van der Waals surface area contributed by atoms with Crippen LogP contribution in [-0.4, -0.2) is 6.79 Å². The Morgan fingerprint density at radius 3 is 2.53 bits per heavy atom. The molecule has 2 aliphatic heterocycles. The summed E-state index contributed by atoms with van der Waals surface area (Å²) in [6.07, 6.45) is 2.05. The van der Waals surface area contributed by atoms with Crippen LogP contribution in [0.4, 0.5) is 0 Å². The zero-order valence-corrected chi connectivity index (χ0v) is 10.3. The van der Waals surface area contributed by atoms with Crippen molar-refractivity contribution in [1.29, 1.82) is 0 Å². The molecule has 0 unspecified atom stereocenters. The highest BCUT2D eigenvalue weighted by atomic mass is 16.7. The van der Waals surface area contributed by atoms with Gasteiger partial charge in [-0.15, -0.1) is 0 Å². The largest absolute Gasteiger partial charge is 0.488 e. The molecule has 0 atom stereocenters. The van der Waals surface area contributed by atoms with E-state index in [0.717, 1.165) is 33.9 Å². The quantitative estimate of drug-likeness (QED) is 0.778. The van der Waals surface area contributed by atoms with E-state index in [0.29, 0.717) is 13.4 Å². The molecule has 0 aliphatic carbocycles. The first-order valence-corrected chi connectivity index (χ1v) is 6.22. The Hall–Kier alpha value is -2.42. The second kappa shape index (κ2) is 4.05. The van der Waals surface area contributed by atoms with E-state index >= 15 is 0 Å². The fraction of sp³-hybridized carbons (Fsp3) is 0.125. The van der Waals surface area contributed by atoms with Crippen molar-refractivity contribution in [2.75, 3.05) is 6.79 Å². The topological polar surface area (TPSA) is 27.7 Å². The summed E-state index contributed by atoms with van der Waals surface area (Å²) < 4.78 is 16.6. The molecule has 2 aromatic carbocycles. The Balaban J connectivity index is 1.78. The Bertz CT molecular complexity index is 659. The van der Waals surface area contributed by atoms with Crippen LogP contribution in [0, 0.1) is 0 Å². The summed E-state index contributed by atoms with van der Waals surface area (Å²) >= 11 is 0. The average molecular weight is 252 g/mol. The second-order valence-corrected chi connectivity index (χ2v) is 4.57. The lowest BCUT2D eigenvalue weighted by atomic mass is 10.1. The van der Waals surface area contributed by atoms with Crippen LogP contribution in [0.2, 0.25) is 0 Å². The molecule has 0 amide bonds. The number of fused-ring (bicyclic) bond motifs is 2. The van der Waals surface area contributed by atoms with Crippen LogP contribution in [0.25, 0.3) is 11.8 Å². The molecule has 2 aromatic rings. The molecule has 0 fully saturated rings. The van der Waals surface area contributed by atoms with Crippen molar-refractivity contribution in [1.82, 2.24) is 0 Å². The molecule has 2 aliphatic rings. The van der Waals surface area contributed by atoms with Gasteiger partial charge in [0.15, 0.2) is 11.5 Å². The minimum atomic E-state index is 0.302. The number of hydrogen-bond donors (Lipinski definition) is 0. The zero-order valence-electron chi connectivity index (χ0n) is 10.3. The van der Waals surface area contributed by atoms with E-state index in [4.69, 9.17) is 14.2 Å². The molecule has 19 heavy (non-hydrogen) atoms. The van der Waals surface area contributed by atoms with Crippen LogP contribution < -0.4 is 9.47 Å². The molecule has 0 spiro atoms. The summed E-state index contributed by atoms with van der Waals surface area (Å²) in [7, 11) is 0. The minimum Gasteiger partial charge on any atom is -0.488 e. The lowest BCUT2D eigenvalue weighted by Crippen LogP contribution is -1.93. The van der Waals surface area contributed by atoms with E-state index in [1.807, 2.05) is 36.4 Å². The Morgan fingerprint density at radius 1 is 0.895 bits per heavy atom. The van der Waals surface area contributed by atoms with Crippen LogP contribution in [0.15, 0.2) is 42.5 Å². The fourth-order valence-electron chi connectivity index (χ4n) is 2.39. The van der Waals surface area contributed by atoms with Gasteiger partial charge in [0, 0.05) is 11.1 Å². The van der Waals surface area contributed by atoms with Crippen LogP contribution in [0.5, 0.6) is 11.5 Å². The molecule has 2 heterocycles. The highest BCUT2D eigenvalue weighted by Gasteiger charge is 2.24. The zero-order chi connectivity index (χ0) is 12.7. The van der Waals surface area contributed by atoms with Gasteiger partial charge in [-0.1, -0.05) is 30.3 Å². The molecule has 0 radical (unpaired) electrons. The SMILES string of the molecule is C(=C1/OCc2cc3c(cc21)OCO3)/c1ccccc1. The van der Waals surface area contributed by atoms with Gasteiger partial charge in [-0.3, -0.25) is 0 Å². The normalized spacial score (nSPS) is 17.4. The third-order valence-corrected chi connectivity index (χ3v) is 3.34. The van der Waals surface area contributed by atoms with Crippen LogP contribution in [-0.2, 0) is 11.3 Å². The summed E-state index contributed by atoms with van der Waals surface area (Å²) in [4.78, 5) is 0. The third kappa shape index (κ3) is 1.74. The molecule has 94 valence electrons. The number of ether oxygens (including phenoxy) is 3. The standard InChI is InChI=1S/C16H12O3/c1-2-4-11(5-3-1)6-14-13-8-16-15(18-10-19-16)7-12(13)9-17-14/h1-8H,9-10H2/b14-6-. The molecule has 0 aromatic heterocycles. The van der Waals surface area contributed by atoms with E-state index in [-0.39, 0.29) is 0 Å². The van der Waals surface area contributed by atoms with Crippen LogP contribution in [0.1, 0.15) is 16.7 Å². The van der Waals surface area contributed by atoms with E-state index in [2.05, 4.69) is 12.1 Å². The van der Waals surface area contributed by atoms with Crippen LogP contribution >= 0.6 is 0 Å². The first-order chi connectivity index (χ1) is 9.40. The smallest absolute Gasteiger partial charge is 0.231 e. The maximum Gasteiger partial charge on any atom is 0.231 e. The van der Waals surface area contributed by atoms with Crippen molar-refractivity contribution in [2.45, 2.75) is 6.61 Å². The van der Waals surface area contributed by atoms with Crippen molar-refractivity contribution in [2.24, 2.45) is 0 Å². The molecule has 0 N–H and O–H groups in total. The average Bonchev–Trinajstić information content (AvgIpc) is 3.05. The lowest BCUT2D eigenvalue weighted by molar-refractivity contribution is 0.173. The van der Waals surface area contributed by atoms with Gasteiger partial charge in [0.05, 0.1) is 0 Å². The molecule has 0 saturated heterocycles. The molecule has 3 heteroatoms. The van der Waals surface area contributed by atoms with Crippen molar-refractivity contribution >= 4 is 11.8 Å². The van der Waals surface area contributed by atoms with E-state index < -0.39 is 0 Å². The summed E-state index contributed by atoms with van der Waals surface area (Å²) in [5, 5.41) is 0. The fourth-order valence-corrected chi connectivity index (χ4v) is 2.39. The molecular weight excluding hydrogens is 240 g/mol. The van der Waals surface area contributed by atoms with E-state index in [1.165, 1.54) is 0 Å². The van der Waals surface area contributed by atoms with Crippen molar-refractivity contribution in [3.8, 4) is 11.5 Å².